The van der Waals surface area contributed by atoms with Crippen molar-refractivity contribution in [3.8, 4) is 0 Å². The van der Waals surface area contributed by atoms with E-state index in [2.05, 4.69) is 27.4 Å². The quantitative estimate of drug-likeness (QED) is 0.856. The molecule has 1 aromatic heterocycles. The second-order valence-corrected chi connectivity index (χ2v) is 7.97. The highest BCUT2D eigenvalue weighted by molar-refractivity contribution is 6.31. The Balaban J connectivity index is 1.40. The summed E-state index contributed by atoms with van der Waals surface area (Å²) in [6.45, 7) is 5.36. The number of nitrogens with zero attached hydrogens (tertiary/aromatic N) is 3. The maximum atomic E-state index is 12.6. The van der Waals surface area contributed by atoms with Gasteiger partial charge in [-0.15, -0.1) is 0 Å². The molecule has 1 saturated carbocycles. The van der Waals surface area contributed by atoms with Crippen molar-refractivity contribution >= 4 is 17.5 Å². The molecular formula is C21H27ClN4O. The fourth-order valence-corrected chi connectivity index (χ4v) is 4.20. The Labute approximate surface area is 165 Å². The highest BCUT2D eigenvalue weighted by atomic mass is 35.5. The first kappa shape index (κ1) is 18.5. The molecule has 2 aliphatic rings. The van der Waals surface area contributed by atoms with E-state index in [1.807, 2.05) is 13.0 Å². The number of fused-ring (bicyclic) bond motifs is 1. The fourth-order valence-electron chi connectivity index (χ4n) is 3.99. The summed E-state index contributed by atoms with van der Waals surface area (Å²) in [5, 5.41) is 7.92. The predicted octanol–water partition coefficient (Wildman–Crippen LogP) is 3.44. The van der Waals surface area contributed by atoms with Gasteiger partial charge < -0.3 is 5.32 Å². The Bertz CT molecular complexity index is 828. The Kier molecular flexibility index (Phi) is 5.50. The van der Waals surface area contributed by atoms with Crippen molar-refractivity contribution < 1.29 is 4.79 Å². The summed E-state index contributed by atoms with van der Waals surface area (Å²) in [7, 11) is 0. The number of aryl methyl sites for hydroxylation is 1. The molecule has 0 saturated heterocycles. The summed E-state index contributed by atoms with van der Waals surface area (Å²) in [6, 6.07) is 6.93. The van der Waals surface area contributed by atoms with E-state index in [0.717, 1.165) is 44.1 Å². The molecule has 5 nitrogen and oxygen atoms in total. The number of nitrogens with one attached hydrogen (secondary N) is 1. The average Bonchev–Trinajstić information content (AvgIpc) is 2.87. The van der Waals surface area contributed by atoms with E-state index < -0.39 is 0 Å². The van der Waals surface area contributed by atoms with Gasteiger partial charge in [0.2, 0.25) is 0 Å². The average molecular weight is 387 g/mol. The second kappa shape index (κ2) is 8.03. The molecule has 1 N–H and O–H groups in total. The Morgan fingerprint density at radius 1 is 1.26 bits per heavy atom. The lowest BCUT2D eigenvalue weighted by atomic mass is 9.91. The Morgan fingerprint density at radius 3 is 2.70 bits per heavy atom. The number of rotatable bonds is 5. The van der Waals surface area contributed by atoms with Gasteiger partial charge in [0.15, 0.2) is 0 Å². The Morgan fingerprint density at radius 2 is 2.04 bits per heavy atom. The van der Waals surface area contributed by atoms with Gasteiger partial charge in [-0.2, -0.15) is 5.10 Å². The summed E-state index contributed by atoms with van der Waals surface area (Å²) < 4.78 is 1.78. The van der Waals surface area contributed by atoms with Gasteiger partial charge >= 0.3 is 0 Å². The lowest BCUT2D eigenvalue weighted by molar-refractivity contribution is 0.0950. The maximum Gasteiger partial charge on any atom is 0.251 e. The van der Waals surface area contributed by atoms with E-state index in [0.29, 0.717) is 17.3 Å². The van der Waals surface area contributed by atoms with Gasteiger partial charge in [-0.3, -0.25) is 14.4 Å². The first-order valence-corrected chi connectivity index (χ1v) is 10.4. The van der Waals surface area contributed by atoms with Gasteiger partial charge in [-0.25, -0.2) is 0 Å². The highest BCUT2D eigenvalue weighted by Gasteiger charge is 2.26. The molecule has 144 valence electrons. The summed E-state index contributed by atoms with van der Waals surface area (Å²) in [5.41, 5.74) is 4.13. The van der Waals surface area contributed by atoms with Crippen molar-refractivity contribution in [2.75, 3.05) is 13.1 Å². The highest BCUT2D eigenvalue weighted by Crippen LogP contribution is 2.27. The number of amides is 1. The van der Waals surface area contributed by atoms with Crippen LogP contribution in [0.5, 0.6) is 0 Å². The van der Waals surface area contributed by atoms with Crippen molar-refractivity contribution in [3.63, 3.8) is 0 Å². The molecule has 4 rings (SSSR count). The lowest BCUT2D eigenvalue weighted by Crippen LogP contribution is -2.41. The zero-order valence-electron chi connectivity index (χ0n) is 15.9. The summed E-state index contributed by atoms with van der Waals surface area (Å²) in [4.78, 5) is 15.2. The van der Waals surface area contributed by atoms with Gasteiger partial charge in [-0.05, 0) is 55.9 Å². The van der Waals surface area contributed by atoms with Gasteiger partial charge in [0.25, 0.3) is 5.91 Å². The van der Waals surface area contributed by atoms with Crippen LogP contribution in [0.1, 0.15) is 53.4 Å². The first-order chi connectivity index (χ1) is 13.1. The smallest absolute Gasteiger partial charge is 0.251 e. The molecule has 1 fully saturated rings. The number of hydrogen-bond donors (Lipinski definition) is 1. The molecule has 0 spiro atoms. The summed E-state index contributed by atoms with van der Waals surface area (Å²) in [6.07, 6.45) is 7.97. The zero-order chi connectivity index (χ0) is 18.8. The van der Waals surface area contributed by atoms with E-state index in [1.165, 1.54) is 30.4 Å². The van der Waals surface area contributed by atoms with Gasteiger partial charge in [-0.1, -0.05) is 24.1 Å². The number of benzene rings is 1. The van der Waals surface area contributed by atoms with Crippen molar-refractivity contribution in [1.29, 1.82) is 0 Å². The van der Waals surface area contributed by atoms with Crippen LogP contribution in [0.2, 0.25) is 5.02 Å². The third-order valence-electron chi connectivity index (χ3n) is 5.92. The molecule has 1 amide bonds. The van der Waals surface area contributed by atoms with Crippen molar-refractivity contribution in [2.45, 2.75) is 58.2 Å². The minimum absolute atomic E-state index is 0.0694. The van der Waals surface area contributed by atoms with Crippen LogP contribution in [0.25, 0.3) is 0 Å². The van der Waals surface area contributed by atoms with Crippen molar-refractivity contribution in [1.82, 2.24) is 20.0 Å². The van der Waals surface area contributed by atoms with Crippen LogP contribution >= 0.6 is 11.6 Å². The van der Waals surface area contributed by atoms with E-state index in [4.69, 9.17) is 11.6 Å². The van der Waals surface area contributed by atoms with Crippen molar-refractivity contribution in [3.05, 3.63) is 51.8 Å². The molecule has 2 aromatic rings. The van der Waals surface area contributed by atoms with Crippen LogP contribution in [0, 0.1) is 0 Å². The molecule has 1 aromatic carbocycles. The van der Waals surface area contributed by atoms with Crippen LogP contribution < -0.4 is 5.32 Å². The third-order valence-corrected chi connectivity index (χ3v) is 6.24. The van der Waals surface area contributed by atoms with Crippen LogP contribution in [0.4, 0.5) is 0 Å². The van der Waals surface area contributed by atoms with Crippen molar-refractivity contribution in [2.24, 2.45) is 0 Å². The number of carbonyl (C=O) groups is 1. The molecule has 6 heteroatoms. The molecular weight excluding hydrogens is 360 g/mol. The molecule has 0 atom stereocenters. The Hall–Kier alpha value is -1.85. The molecule has 1 aliphatic heterocycles. The monoisotopic (exact) mass is 386 g/mol. The van der Waals surface area contributed by atoms with Gasteiger partial charge in [0.1, 0.15) is 5.69 Å². The second-order valence-electron chi connectivity index (χ2n) is 7.57. The van der Waals surface area contributed by atoms with Crippen LogP contribution in [-0.4, -0.2) is 39.7 Å². The largest absolute Gasteiger partial charge is 0.346 e. The minimum Gasteiger partial charge on any atom is -0.346 e. The lowest BCUT2D eigenvalue weighted by Gasteiger charge is -2.36. The number of hydrogen-bond acceptors (Lipinski definition) is 3. The maximum absolute atomic E-state index is 12.6. The minimum atomic E-state index is -0.0694. The SMILES string of the molecule is CCn1cc(Cl)c(CNC(=O)c2ccc3c(c2)CCN(C2CCC2)CC3)n1. The number of halogens is 1. The van der Waals surface area contributed by atoms with E-state index in [-0.39, 0.29) is 5.91 Å². The topological polar surface area (TPSA) is 50.2 Å². The molecule has 0 unspecified atom stereocenters. The molecule has 1 aliphatic carbocycles. The summed E-state index contributed by atoms with van der Waals surface area (Å²) in [5.74, 6) is -0.0694. The molecule has 27 heavy (non-hydrogen) atoms. The number of carbonyl (C=O) groups excluding carboxylic acids is 1. The third kappa shape index (κ3) is 4.04. The fraction of sp³-hybridized carbons (Fsp3) is 0.524. The van der Waals surface area contributed by atoms with E-state index >= 15 is 0 Å². The number of aromatic nitrogens is 2. The van der Waals surface area contributed by atoms with Gasteiger partial charge in [0, 0.05) is 37.4 Å². The van der Waals surface area contributed by atoms with E-state index in [1.54, 1.807) is 10.9 Å². The molecule has 2 heterocycles. The zero-order valence-corrected chi connectivity index (χ0v) is 16.6. The molecule has 0 bridgehead atoms. The van der Waals surface area contributed by atoms with Crippen LogP contribution in [0.15, 0.2) is 24.4 Å². The first-order valence-electron chi connectivity index (χ1n) is 10.00. The standard InChI is InChI=1S/C21H27ClN4O/c1-2-26-14-19(22)20(24-26)13-23-21(27)17-7-6-15-8-10-25(18-4-3-5-18)11-9-16(15)12-17/h6-7,12,14,18H,2-5,8-11,13H2,1H3,(H,23,27). The van der Waals surface area contributed by atoms with E-state index in [9.17, 15) is 4.79 Å². The van der Waals surface area contributed by atoms with Gasteiger partial charge in [0.05, 0.1) is 11.6 Å². The van der Waals surface area contributed by atoms with Crippen LogP contribution in [-0.2, 0) is 25.9 Å². The summed E-state index contributed by atoms with van der Waals surface area (Å²) >= 11 is 6.18. The molecule has 0 radical (unpaired) electrons. The van der Waals surface area contributed by atoms with Crippen LogP contribution in [0.3, 0.4) is 0 Å². The normalized spacial score (nSPS) is 17.9. The predicted molar refractivity (Wildman–Crippen MR) is 107 cm³/mol.